The molecule has 0 fully saturated rings. The average molecular weight is 377 g/mol. The molecule has 0 aliphatic heterocycles. The monoisotopic (exact) mass is 377 g/mol. The van der Waals surface area contributed by atoms with Crippen molar-refractivity contribution >= 4 is 16.7 Å². The van der Waals surface area contributed by atoms with Gasteiger partial charge in [0.15, 0.2) is 0 Å². The highest BCUT2D eigenvalue weighted by Gasteiger charge is 2.35. The molecule has 0 amide bonds. The van der Waals surface area contributed by atoms with E-state index in [9.17, 15) is 13.2 Å². The summed E-state index contributed by atoms with van der Waals surface area (Å²) in [5, 5.41) is 3.49. The Hall–Kier alpha value is -3.03. The third-order valence-electron chi connectivity index (χ3n) is 4.02. The first-order valence-corrected chi connectivity index (χ1v) is 8.20. The molecule has 0 saturated carbocycles. The Labute approximate surface area is 154 Å². The minimum atomic E-state index is -4.64. The van der Waals surface area contributed by atoms with Gasteiger partial charge < -0.3 is 14.8 Å². The maximum Gasteiger partial charge on any atom is 0.451 e. The first kappa shape index (κ1) is 18.8. The summed E-state index contributed by atoms with van der Waals surface area (Å²) in [6.07, 6.45) is -4.02. The molecule has 142 valence electrons. The van der Waals surface area contributed by atoms with E-state index in [1.165, 1.54) is 13.2 Å². The summed E-state index contributed by atoms with van der Waals surface area (Å²) in [4.78, 5) is 7.31. The lowest BCUT2D eigenvalue weighted by atomic mass is 10.1. The standard InChI is InChI=1S/C19H18F3N3O2/c1-26-13-5-3-12(4-6-13)9-10-23-17-15-8-7-14(27-2)11-16(15)24-18(25-17)19(20,21)22/h3-8,11H,9-10H2,1-2H3,(H,23,24,25). The largest absolute Gasteiger partial charge is 0.497 e. The summed E-state index contributed by atoms with van der Waals surface area (Å²) >= 11 is 0. The van der Waals surface area contributed by atoms with Gasteiger partial charge in [0.25, 0.3) is 0 Å². The van der Waals surface area contributed by atoms with Crippen molar-refractivity contribution < 1.29 is 22.6 Å². The zero-order chi connectivity index (χ0) is 19.4. The molecule has 0 bridgehead atoms. The Morgan fingerprint density at radius 3 is 2.22 bits per heavy atom. The van der Waals surface area contributed by atoms with Crippen molar-refractivity contribution in [2.45, 2.75) is 12.6 Å². The second-order valence-corrected chi connectivity index (χ2v) is 5.80. The molecule has 1 aromatic heterocycles. The summed E-state index contributed by atoms with van der Waals surface area (Å²) < 4.78 is 49.6. The number of fused-ring (bicyclic) bond motifs is 1. The van der Waals surface area contributed by atoms with Crippen LogP contribution >= 0.6 is 0 Å². The molecule has 0 aliphatic carbocycles. The molecule has 0 saturated heterocycles. The Bertz CT molecular complexity index is 928. The number of nitrogens with one attached hydrogen (secondary N) is 1. The van der Waals surface area contributed by atoms with Crippen LogP contribution in [0, 0.1) is 0 Å². The van der Waals surface area contributed by atoms with Crippen LogP contribution in [0.15, 0.2) is 42.5 Å². The van der Waals surface area contributed by atoms with E-state index >= 15 is 0 Å². The van der Waals surface area contributed by atoms with Crippen LogP contribution in [0.25, 0.3) is 10.9 Å². The molecule has 1 heterocycles. The Morgan fingerprint density at radius 2 is 1.59 bits per heavy atom. The smallest absolute Gasteiger partial charge is 0.451 e. The molecule has 0 atom stereocenters. The van der Waals surface area contributed by atoms with Gasteiger partial charge in [-0.1, -0.05) is 12.1 Å². The molecule has 3 aromatic rings. The lowest BCUT2D eigenvalue weighted by Gasteiger charge is -2.13. The van der Waals surface area contributed by atoms with Gasteiger partial charge in [0.2, 0.25) is 5.82 Å². The fourth-order valence-corrected chi connectivity index (χ4v) is 2.62. The molecule has 8 heteroatoms. The van der Waals surface area contributed by atoms with E-state index in [1.807, 2.05) is 24.3 Å². The lowest BCUT2D eigenvalue weighted by molar-refractivity contribution is -0.144. The lowest BCUT2D eigenvalue weighted by Crippen LogP contribution is -2.14. The zero-order valence-corrected chi connectivity index (χ0v) is 14.8. The van der Waals surface area contributed by atoms with Crippen LogP contribution in [0.2, 0.25) is 0 Å². The minimum Gasteiger partial charge on any atom is -0.497 e. The van der Waals surface area contributed by atoms with Crippen LogP contribution in [0.1, 0.15) is 11.4 Å². The van der Waals surface area contributed by atoms with E-state index in [-0.39, 0.29) is 11.3 Å². The highest BCUT2D eigenvalue weighted by molar-refractivity contribution is 5.90. The Kier molecular flexibility index (Phi) is 5.34. The number of nitrogens with zero attached hydrogens (tertiary/aromatic N) is 2. The van der Waals surface area contributed by atoms with E-state index in [1.54, 1.807) is 19.2 Å². The molecule has 1 N–H and O–H groups in total. The van der Waals surface area contributed by atoms with Crippen LogP contribution in [0.3, 0.4) is 0 Å². The van der Waals surface area contributed by atoms with Crippen molar-refractivity contribution in [3.63, 3.8) is 0 Å². The fourth-order valence-electron chi connectivity index (χ4n) is 2.62. The fraction of sp³-hybridized carbons (Fsp3) is 0.263. The minimum absolute atomic E-state index is 0.142. The summed E-state index contributed by atoms with van der Waals surface area (Å²) in [5.41, 5.74) is 1.20. The molecular weight excluding hydrogens is 359 g/mol. The van der Waals surface area contributed by atoms with Crippen molar-refractivity contribution in [1.29, 1.82) is 0 Å². The number of hydrogen-bond acceptors (Lipinski definition) is 5. The molecule has 0 radical (unpaired) electrons. The van der Waals surface area contributed by atoms with Crippen molar-refractivity contribution in [2.24, 2.45) is 0 Å². The number of ether oxygens (including phenoxy) is 2. The molecule has 0 aliphatic rings. The summed E-state index contributed by atoms with van der Waals surface area (Å²) in [6.45, 7) is 0.418. The number of benzene rings is 2. The highest BCUT2D eigenvalue weighted by Crippen LogP contribution is 2.31. The molecule has 5 nitrogen and oxygen atoms in total. The number of hydrogen-bond donors (Lipinski definition) is 1. The SMILES string of the molecule is COc1ccc(CCNc2nc(C(F)(F)F)nc3cc(OC)ccc23)cc1. The second kappa shape index (κ2) is 7.69. The molecule has 2 aromatic carbocycles. The molecular formula is C19H18F3N3O2. The summed E-state index contributed by atoms with van der Waals surface area (Å²) in [5.74, 6) is 0.134. The maximum atomic E-state index is 13.1. The highest BCUT2D eigenvalue weighted by atomic mass is 19.4. The number of aromatic nitrogens is 2. The third kappa shape index (κ3) is 4.39. The van der Waals surface area contributed by atoms with Crippen LogP contribution in [-0.2, 0) is 12.6 Å². The first-order chi connectivity index (χ1) is 12.9. The van der Waals surface area contributed by atoms with Gasteiger partial charge in [-0.15, -0.1) is 0 Å². The number of alkyl halides is 3. The van der Waals surface area contributed by atoms with Crippen molar-refractivity contribution in [1.82, 2.24) is 9.97 Å². The number of anilines is 1. The van der Waals surface area contributed by atoms with E-state index in [0.29, 0.717) is 24.1 Å². The van der Waals surface area contributed by atoms with Crippen LogP contribution in [-0.4, -0.2) is 30.7 Å². The van der Waals surface area contributed by atoms with Crippen LogP contribution in [0.5, 0.6) is 11.5 Å². The van der Waals surface area contributed by atoms with E-state index < -0.39 is 12.0 Å². The van der Waals surface area contributed by atoms with Gasteiger partial charge in [0, 0.05) is 18.0 Å². The number of methoxy groups -OCH3 is 2. The average Bonchev–Trinajstić information content (AvgIpc) is 2.67. The van der Waals surface area contributed by atoms with Gasteiger partial charge in [-0.2, -0.15) is 13.2 Å². The second-order valence-electron chi connectivity index (χ2n) is 5.80. The molecule has 3 rings (SSSR count). The zero-order valence-electron chi connectivity index (χ0n) is 14.8. The summed E-state index contributed by atoms with van der Waals surface area (Å²) in [6, 6.07) is 12.3. The Balaban J connectivity index is 1.85. The van der Waals surface area contributed by atoms with E-state index in [2.05, 4.69) is 15.3 Å². The van der Waals surface area contributed by atoms with E-state index in [0.717, 1.165) is 11.3 Å². The number of halogens is 3. The predicted molar refractivity (Wildman–Crippen MR) is 96.3 cm³/mol. The molecule has 0 spiro atoms. The van der Waals surface area contributed by atoms with Crippen molar-refractivity contribution in [2.75, 3.05) is 26.1 Å². The van der Waals surface area contributed by atoms with Gasteiger partial charge >= 0.3 is 6.18 Å². The van der Waals surface area contributed by atoms with Gasteiger partial charge in [-0.3, -0.25) is 0 Å². The van der Waals surface area contributed by atoms with E-state index in [4.69, 9.17) is 9.47 Å². The van der Waals surface area contributed by atoms with Gasteiger partial charge in [0.05, 0.1) is 19.7 Å². The topological polar surface area (TPSA) is 56.3 Å². The Morgan fingerprint density at radius 1 is 0.926 bits per heavy atom. The first-order valence-electron chi connectivity index (χ1n) is 8.20. The van der Waals surface area contributed by atoms with Crippen LogP contribution < -0.4 is 14.8 Å². The predicted octanol–water partition coefficient (Wildman–Crippen LogP) is 4.32. The van der Waals surface area contributed by atoms with Crippen molar-refractivity contribution in [3.05, 3.63) is 53.9 Å². The quantitative estimate of drug-likeness (QED) is 0.693. The summed E-state index contributed by atoms with van der Waals surface area (Å²) in [7, 11) is 3.03. The van der Waals surface area contributed by atoms with Gasteiger partial charge in [-0.05, 0) is 36.2 Å². The van der Waals surface area contributed by atoms with Gasteiger partial charge in [0.1, 0.15) is 17.3 Å². The third-order valence-corrected chi connectivity index (χ3v) is 4.02. The van der Waals surface area contributed by atoms with Crippen LogP contribution in [0.4, 0.5) is 19.0 Å². The normalized spacial score (nSPS) is 11.4. The maximum absolute atomic E-state index is 13.1. The van der Waals surface area contributed by atoms with Crippen molar-refractivity contribution in [3.8, 4) is 11.5 Å². The van der Waals surface area contributed by atoms with Gasteiger partial charge in [-0.25, -0.2) is 9.97 Å². The molecule has 0 unspecified atom stereocenters. The molecule has 27 heavy (non-hydrogen) atoms. The number of rotatable bonds is 6.